The lowest BCUT2D eigenvalue weighted by Crippen LogP contribution is -2.01. The molecule has 1 aromatic carbocycles. The van der Waals surface area contributed by atoms with Crippen LogP contribution in [0.15, 0.2) is 40.2 Å². The highest BCUT2D eigenvalue weighted by Gasteiger charge is 2.17. The summed E-state index contributed by atoms with van der Waals surface area (Å²) in [5.41, 5.74) is 0. The molecule has 1 aromatic rings. The molecular weight excluding hydrogens is 328 g/mol. The molecule has 0 fully saturated rings. The van der Waals surface area contributed by atoms with Crippen molar-refractivity contribution in [2.75, 3.05) is 6.61 Å². The Morgan fingerprint density at radius 2 is 2.18 bits per heavy atom. The van der Waals surface area contributed by atoms with Crippen molar-refractivity contribution in [1.82, 2.24) is 0 Å². The van der Waals surface area contributed by atoms with E-state index in [1.54, 1.807) is 18.2 Å². The van der Waals surface area contributed by atoms with Crippen LogP contribution in [-0.2, 0) is 9.05 Å². The lowest BCUT2D eigenvalue weighted by Gasteiger charge is -2.09. The summed E-state index contributed by atoms with van der Waals surface area (Å²) < 4.78 is 28.7. The Labute approximate surface area is 114 Å². The fourth-order valence-electron chi connectivity index (χ4n) is 1.20. The second-order valence-electron chi connectivity index (χ2n) is 3.31. The average molecular weight is 340 g/mol. The smallest absolute Gasteiger partial charge is 0.265 e. The van der Waals surface area contributed by atoms with Gasteiger partial charge in [0.2, 0.25) is 0 Å². The maximum atomic E-state index is 11.3. The van der Waals surface area contributed by atoms with Crippen LogP contribution in [0.25, 0.3) is 0 Å². The molecule has 0 aromatic heterocycles. The summed E-state index contributed by atoms with van der Waals surface area (Å²) in [7, 11) is 1.53. The topological polar surface area (TPSA) is 43.4 Å². The Balaban J connectivity index is 2.88. The molecule has 0 N–H and O–H groups in total. The number of halogens is 2. The van der Waals surface area contributed by atoms with Gasteiger partial charge in [0.25, 0.3) is 9.05 Å². The lowest BCUT2D eigenvalue weighted by atomic mass is 10.3. The van der Waals surface area contributed by atoms with E-state index in [2.05, 4.69) is 22.5 Å². The molecule has 0 bridgehead atoms. The molecule has 0 radical (unpaired) electrons. The van der Waals surface area contributed by atoms with E-state index < -0.39 is 9.05 Å². The van der Waals surface area contributed by atoms with Gasteiger partial charge in [-0.15, -0.1) is 6.58 Å². The molecule has 3 nitrogen and oxygen atoms in total. The zero-order valence-electron chi connectivity index (χ0n) is 9.03. The molecule has 94 valence electrons. The van der Waals surface area contributed by atoms with Gasteiger partial charge in [-0.25, -0.2) is 8.42 Å². The third-order valence-electron chi connectivity index (χ3n) is 1.98. The van der Waals surface area contributed by atoms with Crippen LogP contribution in [0.4, 0.5) is 0 Å². The van der Waals surface area contributed by atoms with Crippen LogP contribution < -0.4 is 4.74 Å². The third kappa shape index (κ3) is 4.69. The minimum absolute atomic E-state index is 0.0212. The van der Waals surface area contributed by atoms with E-state index in [0.29, 0.717) is 11.1 Å². The van der Waals surface area contributed by atoms with E-state index in [4.69, 9.17) is 15.4 Å². The molecule has 0 heterocycles. The maximum Gasteiger partial charge on any atom is 0.265 e. The molecule has 0 aliphatic carbocycles. The number of hydrogen-bond donors (Lipinski definition) is 0. The highest BCUT2D eigenvalue weighted by molar-refractivity contribution is 9.10. The molecule has 0 amide bonds. The van der Waals surface area contributed by atoms with Gasteiger partial charge in [-0.1, -0.05) is 22.0 Å². The van der Waals surface area contributed by atoms with Crippen molar-refractivity contribution in [1.29, 1.82) is 0 Å². The molecule has 0 atom stereocenters. The van der Waals surface area contributed by atoms with Crippen LogP contribution >= 0.6 is 26.6 Å². The number of unbranched alkanes of at least 4 members (excludes halogenated alkanes) is 1. The van der Waals surface area contributed by atoms with E-state index in [1.807, 2.05) is 0 Å². The normalized spacial score (nSPS) is 11.2. The van der Waals surface area contributed by atoms with Gasteiger partial charge >= 0.3 is 0 Å². The molecule has 0 saturated heterocycles. The number of allylic oxidation sites excluding steroid dienone is 1. The second-order valence-corrected chi connectivity index (χ2v) is 6.76. The lowest BCUT2D eigenvalue weighted by molar-refractivity contribution is 0.304. The van der Waals surface area contributed by atoms with Gasteiger partial charge < -0.3 is 4.74 Å². The number of ether oxygens (including phenoxy) is 1. The van der Waals surface area contributed by atoms with Crippen molar-refractivity contribution >= 4 is 35.7 Å². The van der Waals surface area contributed by atoms with E-state index in [1.165, 1.54) is 6.07 Å². The highest BCUT2D eigenvalue weighted by Crippen LogP contribution is 2.30. The predicted molar refractivity (Wildman–Crippen MR) is 72.1 cm³/mol. The summed E-state index contributed by atoms with van der Waals surface area (Å²) >= 11 is 3.19. The summed E-state index contributed by atoms with van der Waals surface area (Å²) in [5.74, 6) is 0.271. The molecule has 0 aliphatic rings. The summed E-state index contributed by atoms with van der Waals surface area (Å²) in [6.45, 7) is 4.02. The van der Waals surface area contributed by atoms with E-state index in [9.17, 15) is 8.42 Å². The Bertz CT molecular complexity index is 499. The first-order valence-corrected chi connectivity index (χ1v) is 8.03. The van der Waals surface area contributed by atoms with Gasteiger partial charge in [-0.05, 0) is 31.0 Å². The van der Waals surface area contributed by atoms with Crippen molar-refractivity contribution in [3.05, 3.63) is 35.3 Å². The minimum atomic E-state index is -3.80. The van der Waals surface area contributed by atoms with Crippen LogP contribution in [-0.4, -0.2) is 15.0 Å². The molecule has 1 rings (SSSR count). The van der Waals surface area contributed by atoms with Crippen LogP contribution in [0.2, 0.25) is 0 Å². The largest absolute Gasteiger partial charge is 0.492 e. The summed E-state index contributed by atoms with van der Waals surface area (Å²) in [6, 6.07) is 4.70. The molecule has 0 spiro atoms. The molecular formula is C11H12BrClO3S. The van der Waals surface area contributed by atoms with Crippen LogP contribution in [0, 0.1) is 0 Å². The van der Waals surface area contributed by atoms with Gasteiger partial charge in [-0.2, -0.15) is 0 Å². The summed E-state index contributed by atoms with van der Waals surface area (Å²) in [5, 5.41) is 0. The van der Waals surface area contributed by atoms with Gasteiger partial charge in [-0.3, -0.25) is 0 Å². The van der Waals surface area contributed by atoms with Crippen molar-refractivity contribution in [2.45, 2.75) is 17.7 Å². The quantitative estimate of drug-likeness (QED) is 0.451. The zero-order chi connectivity index (χ0) is 12.9. The Morgan fingerprint density at radius 1 is 1.47 bits per heavy atom. The maximum absolute atomic E-state index is 11.3. The molecule has 17 heavy (non-hydrogen) atoms. The van der Waals surface area contributed by atoms with Gasteiger partial charge in [0.15, 0.2) is 0 Å². The van der Waals surface area contributed by atoms with Crippen molar-refractivity contribution in [2.24, 2.45) is 0 Å². The van der Waals surface area contributed by atoms with Crippen LogP contribution in [0.3, 0.4) is 0 Å². The first-order chi connectivity index (χ1) is 7.95. The van der Waals surface area contributed by atoms with Crippen molar-refractivity contribution in [3.63, 3.8) is 0 Å². The van der Waals surface area contributed by atoms with E-state index >= 15 is 0 Å². The molecule has 6 heteroatoms. The van der Waals surface area contributed by atoms with Gasteiger partial charge in [0.1, 0.15) is 10.6 Å². The third-order valence-corrected chi connectivity index (χ3v) is 3.81. The monoisotopic (exact) mass is 338 g/mol. The predicted octanol–water partition coefficient (Wildman–Crippen LogP) is 3.72. The van der Waals surface area contributed by atoms with Crippen LogP contribution in [0.1, 0.15) is 12.8 Å². The van der Waals surface area contributed by atoms with Crippen molar-refractivity contribution in [3.8, 4) is 5.75 Å². The average Bonchev–Trinajstić information content (AvgIpc) is 2.25. The molecule has 0 saturated carbocycles. The van der Waals surface area contributed by atoms with Crippen molar-refractivity contribution < 1.29 is 13.2 Å². The minimum Gasteiger partial charge on any atom is -0.492 e. The fraction of sp³-hybridized carbons (Fsp3) is 0.273. The first-order valence-electron chi connectivity index (χ1n) is 4.93. The zero-order valence-corrected chi connectivity index (χ0v) is 12.2. The summed E-state index contributed by atoms with van der Waals surface area (Å²) in [6.07, 6.45) is 3.38. The van der Waals surface area contributed by atoms with Gasteiger partial charge in [0.05, 0.1) is 6.61 Å². The van der Waals surface area contributed by atoms with Crippen LogP contribution in [0.5, 0.6) is 5.75 Å². The number of hydrogen-bond acceptors (Lipinski definition) is 3. The molecule has 0 unspecified atom stereocenters. The highest BCUT2D eigenvalue weighted by atomic mass is 79.9. The van der Waals surface area contributed by atoms with Gasteiger partial charge in [0, 0.05) is 15.2 Å². The second kappa shape index (κ2) is 6.42. The number of rotatable bonds is 6. The van der Waals surface area contributed by atoms with E-state index in [-0.39, 0.29) is 10.6 Å². The Hall–Kier alpha value is -0.520. The first kappa shape index (κ1) is 14.5. The standard InChI is InChI=1S/C11H12BrClO3S/c1-2-3-4-7-16-10-6-5-9(12)8-11(10)17(13,14)15/h2,5-6,8H,1,3-4,7H2. The van der Waals surface area contributed by atoms with E-state index in [0.717, 1.165) is 12.8 Å². The Morgan fingerprint density at radius 3 is 2.76 bits per heavy atom. The SMILES string of the molecule is C=CCCCOc1ccc(Br)cc1S(=O)(=O)Cl. The fourth-order valence-corrected chi connectivity index (χ4v) is 2.71. The Kier molecular flexibility index (Phi) is 5.49. The number of benzene rings is 1. The summed E-state index contributed by atoms with van der Waals surface area (Å²) in [4.78, 5) is -0.0212. The molecule has 0 aliphatic heterocycles.